The molecule has 1 saturated carbocycles. The molecule has 5 N–H and O–H groups in total. The van der Waals surface area contributed by atoms with Gasteiger partial charge in [-0.25, -0.2) is 4.39 Å². The second-order valence-corrected chi connectivity index (χ2v) is 8.86. The molecule has 164 valence electrons. The van der Waals surface area contributed by atoms with E-state index in [2.05, 4.69) is 25.5 Å². The predicted octanol–water partition coefficient (Wildman–Crippen LogP) is 3.66. The Morgan fingerprint density at radius 2 is 2.09 bits per heavy atom. The first-order valence-corrected chi connectivity index (χ1v) is 10.9. The number of benzene rings is 1. The predicted molar refractivity (Wildman–Crippen MR) is 125 cm³/mol. The molecule has 1 saturated heterocycles. The lowest BCUT2D eigenvalue weighted by Crippen LogP contribution is -2.41. The third kappa shape index (κ3) is 2.96. The number of fused-ring (bicyclic) bond motifs is 5. The molecule has 2 aliphatic rings. The number of halogens is 1. The van der Waals surface area contributed by atoms with Crippen molar-refractivity contribution in [3.8, 4) is 0 Å². The molecule has 3 atom stereocenters. The van der Waals surface area contributed by atoms with Gasteiger partial charge in [0.15, 0.2) is 0 Å². The van der Waals surface area contributed by atoms with Crippen LogP contribution in [-0.2, 0) is 0 Å². The van der Waals surface area contributed by atoms with Crippen molar-refractivity contribution in [2.24, 2.45) is 11.7 Å². The lowest BCUT2D eigenvalue weighted by atomic mass is 10.0. The average molecular weight is 433 g/mol. The smallest absolute Gasteiger partial charge is 0.231 e. The lowest BCUT2D eigenvalue weighted by molar-refractivity contribution is 0.471. The van der Waals surface area contributed by atoms with Crippen molar-refractivity contribution in [1.29, 1.82) is 0 Å². The molecular weight excluding hydrogens is 407 g/mol. The van der Waals surface area contributed by atoms with Crippen molar-refractivity contribution in [1.82, 2.24) is 19.9 Å². The summed E-state index contributed by atoms with van der Waals surface area (Å²) in [5, 5.41) is 7.97. The minimum atomic E-state index is -0.299. The number of hydrogen-bond donors (Lipinski definition) is 4. The number of nitrogens with one attached hydrogen (secondary N) is 3. The van der Waals surface area contributed by atoms with Gasteiger partial charge in [-0.15, -0.1) is 0 Å². The van der Waals surface area contributed by atoms with Crippen molar-refractivity contribution in [3.63, 3.8) is 0 Å². The van der Waals surface area contributed by atoms with Crippen LogP contribution in [0.1, 0.15) is 18.5 Å². The summed E-state index contributed by atoms with van der Waals surface area (Å²) in [5.41, 5.74) is 10.2. The van der Waals surface area contributed by atoms with Crippen LogP contribution >= 0.6 is 0 Å². The third-order valence-corrected chi connectivity index (χ3v) is 6.81. The van der Waals surface area contributed by atoms with Gasteiger partial charge in [0.25, 0.3) is 0 Å². The highest BCUT2D eigenvalue weighted by atomic mass is 19.1. The molecule has 3 aromatic heterocycles. The van der Waals surface area contributed by atoms with E-state index in [-0.39, 0.29) is 11.9 Å². The maximum atomic E-state index is 14.5. The van der Waals surface area contributed by atoms with Crippen LogP contribution in [0.15, 0.2) is 30.5 Å². The molecule has 8 nitrogen and oxygen atoms in total. The topological polar surface area (TPSA) is 108 Å². The van der Waals surface area contributed by atoms with Crippen LogP contribution in [0, 0.1) is 18.7 Å². The zero-order valence-corrected chi connectivity index (χ0v) is 18.0. The molecule has 9 heteroatoms. The van der Waals surface area contributed by atoms with Crippen LogP contribution in [0.25, 0.3) is 21.9 Å². The van der Waals surface area contributed by atoms with E-state index in [1.807, 2.05) is 19.1 Å². The van der Waals surface area contributed by atoms with E-state index in [0.29, 0.717) is 29.2 Å². The van der Waals surface area contributed by atoms with Crippen molar-refractivity contribution < 1.29 is 4.39 Å². The summed E-state index contributed by atoms with van der Waals surface area (Å²) in [7, 11) is 1.78. The number of aryl methyl sites for hydroxylation is 1. The van der Waals surface area contributed by atoms with Gasteiger partial charge in [0, 0.05) is 36.8 Å². The molecule has 32 heavy (non-hydrogen) atoms. The van der Waals surface area contributed by atoms with Crippen molar-refractivity contribution in [3.05, 3.63) is 42.0 Å². The Morgan fingerprint density at radius 3 is 2.78 bits per heavy atom. The maximum Gasteiger partial charge on any atom is 0.231 e. The van der Waals surface area contributed by atoms with Crippen molar-refractivity contribution >= 4 is 45.1 Å². The largest absolute Gasteiger partial charge is 0.386 e. The van der Waals surface area contributed by atoms with Gasteiger partial charge in [0.2, 0.25) is 5.95 Å². The Balaban J connectivity index is 1.55. The highest BCUT2D eigenvalue weighted by molar-refractivity contribution is 6.15. The molecule has 0 unspecified atom stereocenters. The highest BCUT2D eigenvalue weighted by Gasteiger charge is 2.44. The van der Waals surface area contributed by atoms with E-state index in [4.69, 9.17) is 15.7 Å². The number of anilines is 4. The number of aromatic nitrogens is 4. The Kier molecular flexibility index (Phi) is 4.23. The van der Waals surface area contributed by atoms with Crippen molar-refractivity contribution in [2.45, 2.75) is 31.8 Å². The van der Waals surface area contributed by atoms with Gasteiger partial charge in [-0.1, -0.05) is 0 Å². The van der Waals surface area contributed by atoms with E-state index in [0.717, 1.165) is 52.9 Å². The Morgan fingerprint density at radius 1 is 1.22 bits per heavy atom. The van der Waals surface area contributed by atoms with E-state index in [1.54, 1.807) is 19.3 Å². The van der Waals surface area contributed by atoms with E-state index < -0.39 is 0 Å². The molecule has 2 fully saturated rings. The lowest BCUT2D eigenvalue weighted by Gasteiger charge is -2.31. The molecule has 2 bridgehead atoms. The monoisotopic (exact) mass is 432 g/mol. The van der Waals surface area contributed by atoms with Crippen molar-refractivity contribution in [2.75, 3.05) is 29.1 Å². The number of nitrogens with two attached hydrogens (primary N) is 1. The number of hydrogen-bond acceptors (Lipinski definition) is 7. The number of aromatic amines is 1. The van der Waals surface area contributed by atoms with Gasteiger partial charge in [0.1, 0.15) is 17.3 Å². The minimum absolute atomic E-state index is 0.237. The Bertz CT molecular complexity index is 1330. The molecule has 1 aliphatic heterocycles. The maximum absolute atomic E-state index is 14.5. The number of nitrogens with zero attached hydrogens (tertiary/aromatic N) is 4. The summed E-state index contributed by atoms with van der Waals surface area (Å²) in [6.07, 6.45) is 3.77. The standard InChI is InChI=1S/C23H25FN8/c1-11-3-4-14(9-27-11)28-23-30-21-19(16-6-13(24)7-18(26-2)20(16)29-21)22(31-23)32-10-12-5-15(32)8-17(12)25/h3-4,6-7,9,12,15,17,26H,5,8,10,25H2,1-2H3,(H2,28,29,30,31)/t12-,15-,17-/m1/s1. The molecule has 0 spiro atoms. The second kappa shape index (κ2) is 7.03. The SMILES string of the molecule is CNc1cc(F)cc2c1[nH]c1nc(Nc3ccc(C)nc3)nc(N3C[C@H]4C[C@@H]3C[C@H]4N)c12. The first-order valence-electron chi connectivity index (χ1n) is 10.9. The zero-order valence-electron chi connectivity index (χ0n) is 18.0. The van der Waals surface area contributed by atoms with E-state index in [9.17, 15) is 4.39 Å². The zero-order chi connectivity index (χ0) is 22.0. The van der Waals surface area contributed by atoms with Gasteiger partial charge >= 0.3 is 0 Å². The summed E-state index contributed by atoms with van der Waals surface area (Å²) in [4.78, 5) is 19.7. The first kappa shape index (κ1) is 19.2. The molecule has 0 radical (unpaired) electrons. The van der Waals surface area contributed by atoms with Gasteiger partial charge in [0.05, 0.1) is 28.5 Å². The third-order valence-electron chi connectivity index (χ3n) is 6.81. The Hall–Kier alpha value is -3.46. The van der Waals surface area contributed by atoms with Gasteiger partial charge < -0.3 is 26.3 Å². The number of pyridine rings is 1. The van der Waals surface area contributed by atoms with Crippen LogP contribution in [0.4, 0.5) is 27.5 Å². The summed E-state index contributed by atoms with van der Waals surface area (Å²) in [6.45, 7) is 2.80. The van der Waals surface area contributed by atoms with Gasteiger partial charge in [-0.05, 0) is 49.9 Å². The molecule has 1 aliphatic carbocycles. The van der Waals surface area contributed by atoms with Crippen LogP contribution in [0.5, 0.6) is 0 Å². The molecular formula is C23H25FN8. The fourth-order valence-electron chi connectivity index (χ4n) is 5.23. The average Bonchev–Trinajstić information content (AvgIpc) is 3.46. The van der Waals surface area contributed by atoms with Crippen LogP contribution < -0.4 is 21.3 Å². The highest BCUT2D eigenvalue weighted by Crippen LogP contribution is 2.43. The van der Waals surface area contributed by atoms with Crippen LogP contribution in [-0.4, -0.2) is 45.6 Å². The van der Waals surface area contributed by atoms with Gasteiger partial charge in [-0.2, -0.15) is 9.97 Å². The molecule has 6 rings (SSSR count). The quantitative estimate of drug-likeness (QED) is 0.390. The number of rotatable bonds is 4. The number of H-pyrrole nitrogens is 1. The fraction of sp³-hybridized carbons (Fsp3) is 0.348. The van der Waals surface area contributed by atoms with Crippen LogP contribution in [0.3, 0.4) is 0 Å². The molecule has 4 heterocycles. The van der Waals surface area contributed by atoms with Gasteiger partial charge in [-0.3, -0.25) is 4.98 Å². The molecule has 4 aromatic rings. The first-order chi connectivity index (χ1) is 15.5. The fourth-order valence-corrected chi connectivity index (χ4v) is 5.23. The molecule has 1 aromatic carbocycles. The summed E-state index contributed by atoms with van der Waals surface area (Å²) >= 11 is 0. The molecule has 0 amide bonds. The number of piperidine rings is 1. The summed E-state index contributed by atoms with van der Waals surface area (Å²) in [5.74, 6) is 1.45. The second-order valence-electron chi connectivity index (χ2n) is 8.86. The van der Waals surface area contributed by atoms with E-state index >= 15 is 0 Å². The normalized spacial score (nSPS) is 22.2. The Labute approximate surface area is 184 Å². The van der Waals surface area contributed by atoms with Crippen LogP contribution in [0.2, 0.25) is 0 Å². The summed E-state index contributed by atoms with van der Waals surface area (Å²) in [6, 6.07) is 7.50. The van der Waals surface area contributed by atoms with E-state index in [1.165, 1.54) is 6.07 Å². The minimum Gasteiger partial charge on any atom is -0.386 e. The summed E-state index contributed by atoms with van der Waals surface area (Å²) < 4.78 is 14.5.